The topological polar surface area (TPSA) is 288 Å². The van der Waals surface area contributed by atoms with Crippen molar-refractivity contribution in [1.82, 2.24) is 20.6 Å². The van der Waals surface area contributed by atoms with Crippen LogP contribution in [-0.4, -0.2) is 88.2 Å². The van der Waals surface area contributed by atoms with Crippen LogP contribution in [0.2, 0.25) is 0 Å². The average Bonchev–Trinajstić information content (AvgIpc) is 3.60. The molecule has 0 aliphatic rings. The third-order valence-electron chi connectivity index (χ3n) is 6.22. The smallest absolute Gasteiger partial charge is 0.267 e. The molecule has 0 saturated heterocycles. The van der Waals surface area contributed by atoms with Crippen molar-refractivity contribution in [3.05, 3.63) is 65.5 Å². The predicted octanol–water partition coefficient (Wildman–Crippen LogP) is -1.37. The van der Waals surface area contributed by atoms with Gasteiger partial charge in [-0.25, -0.2) is 0 Å². The number of nitrogens with one attached hydrogen (secondary N) is 5. The van der Waals surface area contributed by atoms with Crippen LogP contribution in [0.5, 0.6) is 0 Å². The highest BCUT2D eigenvalue weighted by Gasteiger charge is 2.15. The van der Waals surface area contributed by atoms with Gasteiger partial charge in [-0.1, -0.05) is 0 Å². The van der Waals surface area contributed by atoms with Gasteiger partial charge in [0.05, 0.1) is 25.3 Å². The average molecular weight is 592 g/mol. The van der Waals surface area contributed by atoms with Gasteiger partial charge in [0.2, 0.25) is 0 Å². The number of anilines is 1. The van der Waals surface area contributed by atoms with E-state index in [9.17, 15) is 24.6 Å². The second kappa shape index (κ2) is 13.4. The first-order valence-electron chi connectivity index (χ1n) is 13.1. The number of amides is 3. The van der Waals surface area contributed by atoms with Crippen LogP contribution in [0, 0.1) is 0 Å². The van der Waals surface area contributed by atoms with Gasteiger partial charge in [-0.15, -0.1) is 0 Å². The minimum Gasteiger partial charge on any atom is -0.389 e. The molecule has 2 aromatic heterocycles. The number of nitrogens with two attached hydrogens (primary N) is 4. The molecule has 15 N–H and O–H groups in total. The zero-order chi connectivity index (χ0) is 31.1. The Hall–Kier alpha value is -5.61. The molecular weight excluding hydrogens is 558 g/mol. The SMILES string of the molecule is NC(N)=NCC(O)CNC(=O)c1cc2cc(NC(=O)c3ccc4[nH]c(C(=O)NCC(O)CN=C(N)N)cc4c3)ccc2[nH]1. The lowest BCUT2D eigenvalue weighted by atomic mass is 10.1. The molecule has 4 rings (SSSR count). The molecule has 0 aliphatic carbocycles. The third-order valence-corrected chi connectivity index (χ3v) is 6.22. The summed E-state index contributed by atoms with van der Waals surface area (Å²) in [4.78, 5) is 51.4. The standard InChI is InChI=1S/C27H33N11O5/c28-26(29)34-11-17(39)9-32-24(42)21-7-14-5-13(1-3-19(14)37-21)23(41)36-16-2-4-20-15(6-16)8-22(38-20)25(43)33-10-18(40)12-35-27(30)31/h1-8,17-18,37-40H,9-12H2,(H,32,42)(H,33,43)(H,36,41)(H4,28,29,34)(H4,30,31,35). The first kappa shape index (κ1) is 30.4. The second-order valence-corrected chi connectivity index (χ2v) is 9.68. The van der Waals surface area contributed by atoms with E-state index in [-0.39, 0.29) is 55.4 Å². The molecule has 0 bridgehead atoms. The van der Waals surface area contributed by atoms with Gasteiger partial charge in [-0.05, 0) is 48.5 Å². The Morgan fingerprint density at radius 1 is 0.698 bits per heavy atom. The lowest BCUT2D eigenvalue weighted by molar-refractivity contribution is 0.0910. The summed E-state index contributed by atoms with van der Waals surface area (Å²) in [7, 11) is 0. The summed E-state index contributed by atoms with van der Waals surface area (Å²) in [6.07, 6.45) is -1.91. The Kier molecular flexibility index (Phi) is 9.44. The lowest BCUT2D eigenvalue weighted by Crippen LogP contribution is -2.34. The minimum atomic E-state index is -0.957. The van der Waals surface area contributed by atoms with Crippen molar-refractivity contribution in [3.63, 3.8) is 0 Å². The van der Waals surface area contributed by atoms with Gasteiger partial charge in [0, 0.05) is 46.1 Å². The Morgan fingerprint density at radius 2 is 1.19 bits per heavy atom. The minimum absolute atomic E-state index is 0.0420. The van der Waals surface area contributed by atoms with Crippen molar-refractivity contribution >= 4 is 57.1 Å². The third kappa shape index (κ3) is 8.21. The van der Waals surface area contributed by atoms with Gasteiger partial charge >= 0.3 is 0 Å². The zero-order valence-electron chi connectivity index (χ0n) is 22.9. The number of aliphatic hydroxyl groups is 2. The van der Waals surface area contributed by atoms with E-state index in [0.29, 0.717) is 33.1 Å². The van der Waals surface area contributed by atoms with Gasteiger partial charge < -0.3 is 59.1 Å². The van der Waals surface area contributed by atoms with Gasteiger partial charge in [0.25, 0.3) is 17.7 Å². The van der Waals surface area contributed by atoms with Gasteiger partial charge in [-0.3, -0.25) is 24.4 Å². The molecule has 0 radical (unpaired) electrons. The number of rotatable bonds is 12. The van der Waals surface area contributed by atoms with Crippen molar-refractivity contribution < 1.29 is 24.6 Å². The summed E-state index contributed by atoms with van der Waals surface area (Å²) in [6.45, 7) is -0.192. The number of hydrogen-bond acceptors (Lipinski definition) is 7. The van der Waals surface area contributed by atoms with Crippen LogP contribution < -0.4 is 38.9 Å². The van der Waals surface area contributed by atoms with Crippen LogP contribution >= 0.6 is 0 Å². The molecule has 2 aromatic carbocycles. The number of H-pyrrole nitrogens is 2. The van der Waals surface area contributed by atoms with Crippen molar-refractivity contribution in [3.8, 4) is 0 Å². The molecule has 2 heterocycles. The molecule has 3 amide bonds. The highest BCUT2D eigenvalue weighted by atomic mass is 16.3. The predicted molar refractivity (Wildman–Crippen MR) is 163 cm³/mol. The fraction of sp³-hybridized carbons (Fsp3) is 0.222. The van der Waals surface area contributed by atoms with E-state index in [2.05, 4.69) is 35.9 Å². The van der Waals surface area contributed by atoms with Crippen LogP contribution in [0.1, 0.15) is 31.3 Å². The fourth-order valence-electron chi connectivity index (χ4n) is 4.09. The van der Waals surface area contributed by atoms with E-state index in [1.165, 1.54) is 0 Å². The summed E-state index contributed by atoms with van der Waals surface area (Å²) < 4.78 is 0. The van der Waals surface area contributed by atoms with Gasteiger partial charge in [-0.2, -0.15) is 0 Å². The number of carbonyl (C=O) groups excluding carboxylic acids is 3. The Labute approximate surface area is 244 Å². The van der Waals surface area contributed by atoms with E-state index in [4.69, 9.17) is 22.9 Å². The van der Waals surface area contributed by atoms with E-state index in [0.717, 1.165) is 0 Å². The first-order valence-corrected chi connectivity index (χ1v) is 13.1. The molecule has 0 saturated carbocycles. The Morgan fingerprint density at radius 3 is 1.70 bits per heavy atom. The first-order chi connectivity index (χ1) is 20.5. The summed E-state index contributed by atoms with van der Waals surface area (Å²) in [5.74, 6) is -1.56. The molecule has 0 aliphatic heterocycles. The maximum absolute atomic E-state index is 13.0. The van der Waals surface area contributed by atoms with Crippen molar-refractivity contribution in [2.75, 3.05) is 31.5 Å². The molecular formula is C27H33N11O5. The van der Waals surface area contributed by atoms with Gasteiger partial charge in [0.1, 0.15) is 11.4 Å². The molecule has 16 heteroatoms. The number of fused-ring (bicyclic) bond motifs is 2. The number of hydrogen-bond donors (Lipinski definition) is 11. The maximum atomic E-state index is 13.0. The van der Waals surface area contributed by atoms with Crippen molar-refractivity contribution in [1.29, 1.82) is 0 Å². The second-order valence-electron chi connectivity index (χ2n) is 9.68. The number of aromatic nitrogens is 2. The highest BCUT2D eigenvalue weighted by molar-refractivity contribution is 6.08. The molecule has 2 atom stereocenters. The van der Waals surface area contributed by atoms with E-state index in [1.54, 1.807) is 48.5 Å². The zero-order valence-corrected chi connectivity index (χ0v) is 22.9. The number of benzene rings is 2. The quantitative estimate of drug-likeness (QED) is 0.0683. The summed E-state index contributed by atoms with van der Waals surface area (Å²) in [5, 5.41) is 29.1. The Bertz CT molecular complexity index is 1700. The van der Waals surface area contributed by atoms with Crippen LogP contribution in [0.4, 0.5) is 5.69 Å². The van der Waals surface area contributed by atoms with Crippen LogP contribution in [0.25, 0.3) is 21.8 Å². The molecule has 43 heavy (non-hydrogen) atoms. The summed E-state index contributed by atoms with van der Waals surface area (Å²) >= 11 is 0. The fourth-order valence-corrected chi connectivity index (χ4v) is 4.09. The molecule has 16 nitrogen and oxygen atoms in total. The van der Waals surface area contributed by atoms with E-state index < -0.39 is 24.0 Å². The van der Waals surface area contributed by atoms with E-state index in [1.807, 2.05) is 0 Å². The largest absolute Gasteiger partial charge is 0.389 e. The highest BCUT2D eigenvalue weighted by Crippen LogP contribution is 2.22. The normalized spacial score (nSPS) is 12.3. The molecule has 0 spiro atoms. The number of aliphatic imine (C=N–C) groups is 2. The Balaban J connectivity index is 1.37. The monoisotopic (exact) mass is 591 g/mol. The van der Waals surface area contributed by atoms with Gasteiger partial charge in [0.15, 0.2) is 11.9 Å². The summed E-state index contributed by atoms with van der Waals surface area (Å²) in [6, 6.07) is 13.3. The molecule has 2 unspecified atom stereocenters. The van der Waals surface area contributed by atoms with Crippen LogP contribution in [0.15, 0.2) is 58.5 Å². The van der Waals surface area contributed by atoms with Crippen LogP contribution in [-0.2, 0) is 0 Å². The van der Waals surface area contributed by atoms with Crippen LogP contribution in [0.3, 0.4) is 0 Å². The number of aliphatic hydroxyl groups excluding tert-OH is 2. The molecule has 0 fully saturated rings. The maximum Gasteiger partial charge on any atom is 0.267 e. The van der Waals surface area contributed by atoms with Crippen molar-refractivity contribution in [2.24, 2.45) is 32.9 Å². The number of guanidine groups is 2. The number of nitrogens with zero attached hydrogens (tertiary/aromatic N) is 2. The van der Waals surface area contributed by atoms with Crippen molar-refractivity contribution in [2.45, 2.75) is 12.2 Å². The molecule has 4 aromatic rings. The summed E-state index contributed by atoms with van der Waals surface area (Å²) in [5.41, 5.74) is 23.7. The number of carbonyl (C=O) groups is 3. The number of aromatic amines is 2. The van der Waals surface area contributed by atoms with E-state index >= 15 is 0 Å². The molecule has 226 valence electrons. The lowest BCUT2D eigenvalue weighted by Gasteiger charge is -2.08.